The monoisotopic (exact) mass is 185 g/mol. The van der Waals surface area contributed by atoms with Gasteiger partial charge in [-0.25, -0.2) is 4.98 Å². The summed E-state index contributed by atoms with van der Waals surface area (Å²) in [5, 5.41) is 1.11. The molecule has 4 heteroatoms. The molecule has 68 valence electrons. The highest BCUT2D eigenvalue weighted by atomic mass is 32.1. The molecular formula is C8H15N3S. The predicted molar refractivity (Wildman–Crippen MR) is 51.2 cm³/mol. The maximum absolute atomic E-state index is 4.20. The Labute approximate surface area is 77.6 Å². The van der Waals surface area contributed by atoms with Crippen LogP contribution in [-0.2, 0) is 0 Å². The van der Waals surface area contributed by atoms with Crippen LogP contribution in [0.5, 0.6) is 0 Å². The van der Waals surface area contributed by atoms with Crippen LogP contribution in [0.1, 0.15) is 31.8 Å². The molecule has 0 amide bonds. The number of hydrogen-bond donors (Lipinski definition) is 0. The molecule has 0 aromatic carbocycles. The van der Waals surface area contributed by atoms with Crippen molar-refractivity contribution in [1.82, 2.24) is 14.3 Å². The quantitative estimate of drug-likeness (QED) is 0.718. The zero-order valence-electron chi connectivity index (χ0n) is 7.82. The SMILES string of the molecule is CCN(CC)C(C)c1ncns1. The van der Waals surface area contributed by atoms with Crippen molar-refractivity contribution in [3.63, 3.8) is 0 Å². The van der Waals surface area contributed by atoms with Crippen molar-refractivity contribution in [3.05, 3.63) is 11.3 Å². The van der Waals surface area contributed by atoms with Crippen molar-refractivity contribution in [2.45, 2.75) is 26.8 Å². The van der Waals surface area contributed by atoms with E-state index in [1.165, 1.54) is 11.5 Å². The van der Waals surface area contributed by atoms with Crippen molar-refractivity contribution in [2.24, 2.45) is 0 Å². The lowest BCUT2D eigenvalue weighted by Crippen LogP contribution is -2.26. The van der Waals surface area contributed by atoms with Gasteiger partial charge >= 0.3 is 0 Å². The van der Waals surface area contributed by atoms with Gasteiger partial charge in [0.05, 0.1) is 6.04 Å². The van der Waals surface area contributed by atoms with Crippen LogP contribution in [0.4, 0.5) is 0 Å². The van der Waals surface area contributed by atoms with Gasteiger partial charge < -0.3 is 0 Å². The maximum Gasteiger partial charge on any atom is 0.130 e. The molecule has 3 nitrogen and oxygen atoms in total. The van der Waals surface area contributed by atoms with E-state index in [1.54, 1.807) is 6.33 Å². The Hall–Kier alpha value is -0.480. The predicted octanol–water partition coefficient (Wildman–Crippen LogP) is 1.94. The van der Waals surface area contributed by atoms with Gasteiger partial charge in [-0.3, -0.25) is 4.90 Å². The summed E-state index contributed by atoms with van der Waals surface area (Å²) < 4.78 is 4.00. The third kappa shape index (κ3) is 2.01. The summed E-state index contributed by atoms with van der Waals surface area (Å²) in [7, 11) is 0. The lowest BCUT2D eigenvalue weighted by molar-refractivity contribution is 0.234. The Morgan fingerprint density at radius 3 is 2.58 bits per heavy atom. The second-order valence-electron chi connectivity index (χ2n) is 2.68. The molecular weight excluding hydrogens is 170 g/mol. The molecule has 0 aliphatic heterocycles. The standard InChI is InChI=1S/C8H15N3S/c1-4-11(5-2)7(3)8-9-6-10-12-8/h6-7H,4-5H2,1-3H3. The van der Waals surface area contributed by atoms with Crippen molar-refractivity contribution in [3.8, 4) is 0 Å². The summed E-state index contributed by atoms with van der Waals surface area (Å²) in [5.41, 5.74) is 0. The van der Waals surface area contributed by atoms with E-state index in [9.17, 15) is 0 Å². The third-order valence-corrected chi connectivity index (χ3v) is 2.93. The molecule has 1 aromatic rings. The first kappa shape index (κ1) is 9.61. The number of hydrogen-bond acceptors (Lipinski definition) is 4. The molecule has 0 saturated heterocycles. The van der Waals surface area contributed by atoms with Crippen molar-refractivity contribution in [1.29, 1.82) is 0 Å². The maximum atomic E-state index is 4.20. The summed E-state index contributed by atoms with van der Waals surface area (Å²) >= 11 is 1.49. The summed E-state index contributed by atoms with van der Waals surface area (Å²) in [6, 6.07) is 0.410. The molecule has 0 radical (unpaired) electrons. The number of nitrogens with zero attached hydrogens (tertiary/aromatic N) is 3. The third-order valence-electron chi connectivity index (χ3n) is 2.10. The van der Waals surface area contributed by atoms with Gasteiger partial charge in [0.25, 0.3) is 0 Å². The Balaban J connectivity index is 2.63. The zero-order chi connectivity index (χ0) is 8.97. The molecule has 0 N–H and O–H groups in total. The normalized spacial score (nSPS) is 13.7. The van der Waals surface area contributed by atoms with Gasteiger partial charge in [-0.05, 0) is 31.5 Å². The Morgan fingerprint density at radius 1 is 1.50 bits per heavy atom. The Morgan fingerprint density at radius 2 is 2.17 bits per heavy atom. The first-order valence-electron chi connectivity index (χ1n) is 4.30. The van der Waals surface area contributed by atoms with E-state index in [2.05, 4.69) is 35.0 Å². The van der Waals surface area contributed by atoms with Gasteiger partial charge in [-0.15, -0.1) is 0 Å². The second-order valence-corrected chi connectivity index (χ2v) is 3.49. The molecule has 0 spiro atoms. The molecule has 0 saturated carbocycles. The van der Waals surface area contributed by atoms with Crippen LogP contribution in [0.3, 0.4) is 0 Å². The molecule has 1 aromatic heterocycles. The average Bonchev–Trinajstić information content (AvgIpc) is 2.58. The minimum absolute atomic E-state index is 0.410. The van der Waals surface area contributed by atoms with Crippen LogP contribution >= 0.6 is 11.5 Å². The van der Waals surface area contributed by atoms with Crippen LogP contribution < -0.4 is 0 Å². The molecule has 0 bridgehead atoms. The second kappa shape index (κ2) is 4.52. The van der Waals surface area contributed by atoms with Crippen molar-refractivity contribution in [2.75, 3.05) is 13.1 Å². The van der Waals surface area contributed by atoms with Gasteiger partial charge in [-0.2, -0.15) is 4.37 Å². The van der Waals surface area contributed by atoms with Crippen molar-refractivity contribution < 1.29 is 0 Å². The van der Waals surface area contributed by atoms with Crippen LogP contribution in [0.25, 0.3) is 0 Å². The smallest absolute Gasteiger partial charge is 0.130 e. The van der Waals surface area contributed by atoms with Crippen LogP contribution in [0.15, 0.2) is 6.33 Å². The summed E-state index contributed by atoms with van der Waals surface area (Å²) in [6.45, 7) is 8.64. The molecule has 1 atom stereocenters. The minimum Gasteiger partial charge on any atom is -0.295 e. The molecule has 0 fully saturated rings. The Kier molecular flexibility index (Phi) is 3.62. The van der Waals surface area contributed by atoms with E-state index in [4.69, 9.17) is 0 Å². The van der Waals surface area contributed by atoms with E-state index in [0.717, 1.165) is 18.1 Å². The highest BCUT2D eigenvalue weighted by Crippen LogP contribution is 2.19. The average molecular weight is 185 g/mol. The topological polar surface area (TPSA) is 29.0 Å². The fourth-order valence-electron chi connectivity index (χ4n) is 1.29. The molecule has 1 unspecified atom stereocenters. The number of rotatable bonds is 4. The van der Waals surface area contributed by atoms with Gasteiger partial charge in [0, 0.05) is 0 Å². The minimum atomic E-state index is 0.410. The summed E-state index contributed by atoms with van der Waals surface area (Å²) in [6.07, 6.45) is 1.62. The molecule has 1 rings (SSSR count). The van der Waals surface area contributed by atoms with E-state index in [-0.39, 0.29) is 0 Å². The van der Waals surface area contributed by atoms with Crippen LogP contribution in [0, 0.1) is 0 Å². The first-order chi connectivity index (χ1) is 5.79. The van der Waals surface area contributed by atoms with E-state index >= 15 is 0 Å². The molecule has 12 heavy (non-hydrogen) atoms. The molecule has 1 heterocycles. The summed E-state index contributed by atoms with van der Waals surface area (Å²) in [4.78, 5) is 6.56. The highest BCUT2D eigenvalue weighted by molar-refractivity contribution is 7.05. The highest BCUT2D eigenvalue weighted by Gasteiger charge is 2.14. The largest absolute Gasteiger partial charge is 0.295 e. The van der Waals surface area contributed by atoms with E-state index in [1.807, 2.05) is 0 Å². The van der Waals surface area contributed by atoms with Crippen molar-refractivity contribution >= 4 is 11.5 Å². The van der Waals surface area contributed by atoms with Crippen LogP contribution in [0.2, 0.25) is 0 Å². The lowest BCUT2D eigenvalue weighted by atomic mass is 10.3. The van der Waals surface area contributed by atoms with Gasteiger partial charge in [0.1, 0.15) is 11.3 Å². The number of aromatic nitrogens is 2. The molecule has 0 aliphatic carbocycles. The summed E-state index contributed by atoms with van der Waals surface area (Å²) in [5.74, 6) is 0. The van der Waals surface area contributed by atoms with Gasteiger partial charge in [0.2, 0.25) is 0 Å². The van der Waals surface area contributed by atoms with E-state index < -0.39 is 0 Å². The lowest BCUT2D eigenvalue weighted by Gasteiger charge is -2.23. The van der Waals surface area contributed by atoms with Crippen LogP contribution in [-0.4, -0.2) is 27.3 Å². The van der Waals surface area contributed by atoms with Gasteiger partial charge in [0.15, 0.2) is 0 Å². The van der Waals surface area contributed by atoms with E-state index in [0.29, 0.717) is 6.04 Å². The Bertz CT molecular complexity index is 206. The zero-order valence-corrected chi connectivity index (χ0v) is 8.64. The van der Waals surface area contributed by atoms with Gasteiger partial charge in [-0.1, -0.05) is 13.8 Å². The molecule has 0 aliphatic rings. The first-order valence-corrected chi connectivity index (χ1v) is 5.07. The fraction of sp³-hybridized carbons (Fsp3) is 0.750. The fourth-order valence-corrected chi connectivity index (χ4v) is 1.89.